The van der Waals surface area contributed by atoms with Gasteiger partial charge in [-0.25, -0.2) is 29.7 Å². The highest BCUT2D eigenvalue weighted by Gasteiger charge is 2.37. The van der Waals surface area contributed by atoms with Gasteiger partial charge in [0, 0.05) is 35.3 Å². The molecule has 4 aromatic heterocycles. The van der Waals surface area contributed by atoms with E-state index in [1.165, 1.54) is 37.4 Å². The number of imidazole rings is 1. The van der Waals surface area contributed by atoms with Crippen molar-refractivity contribution in [2.45, 2.75) is 50.4 Å². The topological polar surface area (TPSA) is 127 Å². The Kier molecular flexibility index (Phi) is 6.86. The molecule has 11 nitrogen and oxygen atoms in total. The number of alkyl halides is 3. The van der Waals surface area contributed by atoms with Crippen LogP contribution in [0.5, 0.6) is 5.88 Å². The van der Waals surface area contributed by atoms with E-state index >= 15 is 0 Å². The van der Waals surface area contributed by atoms with E-state index in [9.17, 15) is 22.8 Å². The fourth-order valence-electron chi connectivity index (χ4n) is 5.41. The van der Waals surface area contributed by atoms with E-state index in [4.69, 9.17) is 14.5 Å². The lowest BCUT2D eigenvalue weighted by Gasteiger charge is -2.15. The van der Waals surface area contributed by atoms with Gasteiger partial charge in [-0.1, -0.05) is 24.3 Å². The Bertz CT molecular complexity index is 2010. The molecule has 4 heterocycles. The smallest absolute Gasteiger partial charge is 0.434 e. The lowest BCUT2D eigenvalue weighted by molar-refractivity contribution is -0.140. The molecule has 0 bridgehead atoms. The molecule has 45 heavy (non-hydrogen) atoms. The number of esters is 1. The van der Waals surface area contributed by atoms with E-state index in [1.807, 2.05) is 0 Å². The molecule has 14 heteroatoms. The van der Waals surface area contributed by atoms with E-state index in [-0.39, 0.29) is 41.4 Å². The van der Waals surface area contributed by atoms with Gasteiger partial charge >= 0.3 is 12.1 Å². The molecule has 1 aromatic carbocycles. The minimum absolute atomic E-state index is 0.000323. The molecule has 2 aliphatic carbocycles. The zero-order chi connectivity index (χ0) is 31.5. The molecule has 0 radical (unpaired) electrons. The van der Waals surface area contributed by atoms with E-state index in [0.717, 1.165) is 37.6 Å². The quantitative estimate of drug-likeness (QED) is 0.216. The number of hydrogen-bond acceptors (Lipinski definition) is 9. The predicted octanol–water partition coefficient (Wildman–Crippen LogP) is 5.19. The van der Waals surface area contributed by atoms with Crippen LogP contribution in [-0.4, -0.2) is 54.2 Å². The monoisotopic (exact) mass is 617 g/mol. The fourth-order valence-corrected chi connectivity index (χ4v) is 5.41. The van der Waals surface area contributed by atoms with Gasteiger partial charge < -0.3 is 14.0 Å². The van der Waals surface area contributed by atoms with Crippen LogP contribution < -0.4 is 10.3 Å². The van der Waals surface area contributed by atoms with Crippen LogP contribution in [0.4, 0.5) is 13.2 Å². The van der Waals surface area contributed by atoms with Crippen LogP contribution >= 0.6 is 0 Å². The predicted molar refractivity (Wildman–Crippen MR) is 155 cm³/mol. The molecule has 2 aliphatic rings. The Hall–Kier alpha value is -5.14. The number of methoxy groups -OCH3 is 2. The van der Waals surface area contributed by atoms with Crippen molar-refractivity contribution < 1.29 is 27.4 Å². The standard InChI is InChI=1S/C31H26F3N7O4/c1-44-28-23(24(17-7-8-17)36-15-37-28)25-35-12-19-11-21(30(43)45-2)29(42)41(27(19)39-25)13-16-3-5-18(6-4-16)26-38-22(31(32,33)34)14-40(26)20-9-10-20/h3-6,11-12,14-15,17,20H,7-10,13H2,1-2H3. The van der Waals surface area contributed by atoms with Crippen LogP contribution in [0, 0.1) is 0 Å². The maximum Gasteiger partial charge on any atom is 0.434 e. The van der Waals surface area contributed by atoms with Gasteiger partial charge in [0.05, 0.1) is 26.5 Å². The average molecular weight is 618 g/mol. The SMILES string of the molecule is COC(=O)c1cc2cnc(-c3c(OC)ncnc3C3CC3)nc2n(Cc2ccc(-c3nc(C(F)(F)F)cn3C3CC3)cc2)c1=O. The number of fused-ring (bicyclic) bond motifs is 1. The van der Waals surface area contributed by atoms with Gasteiger partial charge in [-0.3, -0.25) is 9.36 Å². The van der Waals surface area contributed by atoms with Crippen molar-refractivity contribution in [3.8, 4) is 28.7 Å². The molecule has 2 saturated carbocycles. The first-order valence-electron chi connectivity index (χ1n) is 14.3. The van der Waals surface area contributed by atoms with Crippen molar-refractivity contribution in [2.24, 2.45) is 0 Å². The molecule has 0 spiro atoms. The zero-order valence-electron chi connectivity index (χ0n) is 24.2. The van der Waals surface area contributed by atoms with Crippen LogP contribution in [0.3, 0.4) is 0 Å². The number of carbonyl (C=O) groups excluding carboxylic acids is 1. The summed E-state index contributed by atoms with van der Waals surface area (Å²) in [6.07, 6.45) is 2.95. The third kappa shape index (κ3) is 5.29. The number of rotatable bonds is 8. The molecular weight excluding hydrogens is 591 g/mol. The second-order valence-electron chi connectivity index (χ2n) is 11.1. The Labute approximate surface area is 253 Å². The summed E-state index contributed by atoms with van der Waals surface area (Å²) in [5.74, 6) is 0.219. The fraction of sp³-hybridized carbons (Fsp3) is 0.323. The first kappa shape index (κ1) is 28.6. The summed E-state index contributed by atoms with van der Waals surface area (Å²) in [6, 6.07) is 8.13. The Morgan fingerprint density at radius 1 is 1.02 bits per heavy atom. The molecule has 5 aromatic rings. The van der Waals surface area contributed by atoms with Gasteiger partial charge in [0.25, 0.3) is 5.56 Å². The minimum atomic E-state index is -4.56. The highest BCUT2D eigenvalue weighted by Crippen LogP contribution is 2.45. The summed E-state index contributed by atoms with van der Waals surface area (Å²) in [4.78, 5) is 48.1. The molecule has 0 unspecified atom stereocenters. The first-order valence-corrected chi connectivity index (χ1v) is 14.3. The van der Waals surface area contributed by atoms with E-state index in [0.29, 0.717) is 28.0 Å². The number of carbonyl (C=O) groups is 1. The lowest BCUT2D eigenvalue weighted by Crippen LogP contribution is -2.28. The number of aromatic nitrogens is 7. The van der Waals surface area contributed by atoms with Crippen molar-refractivity contribution in [3.63, 3.8) is 0 Å². The van der Waals surface area contributed by atoms with Crippen molar-refractivity contribution in [1.29, 1.82) is 0 Å². The second-order valence-corrected chi connectivity index (χ2v) is 11.1. The van der Waals surface area contributed by atoms with Gasteiger partial charge in [-0.15, -0.1) is 0 Å². The summed E-state index contributed by atoms with van der Waals surface area (Å²) in [6.45, 7) is -0.000323. The van der Waals surface area contributed by atoms with Crippen molar-refractivity contribution in [2.75, 3.05) is 14.2 Å². The van der Waals surface area contributed by atoms with Crippen molar-refractivity contribution >= 4 is 17.0 Å². The number of nitrogens with zero attached hydrogens (tertiary/aromatic N) is 7. The summed E-state index contributed by atoms with van der Waals surface area (Å²) >= 11 is 0. The van der Waals surface area contributed by atoms with Gasteiger partial charge in [-0.05, 0) is 37.3 Å². The molecule has 0 saturated heterocycles. The maximum atomic E-state index is 13.7. The number of pyridine rings is 1. The third-order valence-electron chi connectivity index (χ3n) is 7.97. The van der Waals surface area contributed by atoms with Crippen LogP contribution in [0.2, 0.25) is 0 Å². The summed E-state index contributed by atoms with van der Waals surface area (Å²) in [7, 11) is 2.68. The van der Waals surface area contributed by atoms with Crippen LogP contribution in [0.15, 0.2) is 53.8 Å². The molecule has 230 valence electrons. The highest BCUT2D eigenvalue weighted by atomic mass is 19.4. The maximum absolute atomic E-state index is 13.7. The summed E-state index contributed by atoms with van der Waals surface area (Å²) in [5.41, 5.74) is 0.952. The molecule has 2 fully saturated rings. The largest absolute Gasteiger partial charge is 0.480 e. The van der Waals surface area contributed by atoms with Crippen molar-refractivity contribution in [3.05, 3.63) is 81.9 Å². The minimum Gasteiger partial charge on any atom is -0.480 e. The Morgan fingerprint density at radius 2 is 1.78 bits per heavy atom. The number of hydrogen-bond donors (Lipinski definition) is 0. The highest BCUT2D eigenvalue weighted by molar-refractivity contribution is 5.93. The molecule has 7 rings (SSSR count). The van der Waals surface area contributed by atoms with Crippen molar-refractivity contribution in [1.82, 2.24) is 34.1 Å². The molecule has 0 atom stereocenters. The number of ether oxygens (including phenoxy) is 2. The number of halogens is 3. The van der Waals surface area contributed by atoms with Gasteiger partial charge in [0.1, 0.15) is 28.9 Å². The van der Waals surface area contributed by atoms with E-state index in [2.05, 4.69) is 19.9 Å². The van der Waals surface area contributed by atoms with Crippen LogP contribution in [0.25, 0.3) is 33.8 Å². The normalized spacial score (nSPS) is 15.0. The van der Waals surface area contributed by atoms with Crippen LogP contribution in [0.1, 0.15) is 65.0 Å². The third-order valence-corrected chi connectivity index (χ3v) is 7.97. The molecule has 0 aliphatic heterocycles. The Morgan fingerprint density at radius 3 is 2.42 bits per heavy atom. The van der Waals surface area contributed by atoms with Crippen LogP contribution in [-0.2, 0) is 17.5 Å². The Balaban J connectivity index is 1.31. The molecule has 0 amide bonds. The molecule has 0 N–H and O–H groups in total. The second kappa shape index (κ2) is 10.8. The van der Waals surface area contributed by atoms with Gasteiger partial charge in [0.15, 0.2) is 11.5 Å². The van der Waals surface area contributed by atoms with Gasteiger partial charge in [0.2, 0.25) is 5.88 Å². The number of benzene rings is 1. The summed E-state index contributed by atoms with van der Waals surface area (Å²) in [5, 5.41) is 0.422. The van der Waals surface area contributed by atoms with Gasteiger partial charge in [-0.2, -0.15) is 13.2 Å². The first-order chi connectivity index (χ1) is 21.7. The zero-order valence-corrected chi connectivity index (χ0v) is 24.2. The molecular formula is C31H26F3N7O4. The average Bonchev–Trinajstić information content (AvgIpc) is 3.99. The lowest BCUT2D eigenvalue weighted by atomic mass is 10.1. The summed E-state index contributed by atoms with van der Waals surface area (Å²) < 4.78 is 53.6. The van der Waals surface area contributed by atoms with E-state index < -0.39 is 23.4 Å². The van der Waals surface area contributed by atoms with E-state index in [1.54, 1.807) is 28.8 Å².